The zero-order valence-corrected chi connectivity index (χ0v) is 17.5. The van der Waals surface area contributed by atoms with Crippen LogP contribution in [0.15, 0.2) is 54.9 Å². The molecular formula is C25H25N5O. The van der Waals surface area contributed by atoms with E-state index < -0.39 is 0 Å². The Balaban J connectivity index is 1.42. The first-order valence-corrected chi connectivity index (χ1v) is 11.0. The number of nitriles is 1. The molecular weight excluding hydrogens is 386 g/mol. The minimum atomic E-state index is -0.0359. The molecule has 2 fully saturated rings. The fourth-order valence-corrected chi connectivity index (χ4v) is 5.31. The largest absolute Gasteiger partial charge is 0.350 e. The van der Waals surface area contributed by atoms with Crippen LogP contribution in [0, 0.1) is 11.3 Å². The molecule has 6 heteroatoms. The van der Waals surface area contributed by atoms with E-state index in [2.05, 4.69) is 22.0 Å². The second kappa shape index (κ2) is 7.99. The van der Waals surface area contributed by atoms with Gasteiger partial charge in [0.15, 0.2) is 0 Å². The van der Waals surface area contributed by atoms with Gasteiger partial charge in [-0.15, -0.1) is 0 Å². The van der Waals surface area contributed by atoms with Gasteiger partial charge in [0.1, 0.15) is 12.1 Å². The number of fused-ring (bicyclic) bond motifs is 1. The number of likely N-dealkylation sites (tertiary alicyclic amines) is 1. The van der Waals surface area contributed by atoms with Gasteiger partial charge in [0.05, 0.1) is 22.7 Å². The molecule has 0 aliphatic carbocycles. The van der Waals surface area contributed by atoms with Crippen LogP contribution in [0.25, 0.3) is 10.9 Å². The molecule has 6 nitrogen and oxygen atoms in total. The van der Waals surface area contributed by atoms with E-state index in [-0.39, 0.29) is 11.4 Å². The van der Waals surface area contributed by atoms with E-state index >= 15 is 0 Å². The van der Waals surface area contributed by atoms with Crippen molar-refractivity contribution in [1.82, 2.24) is 14.9 Å². The Kier molecular flexibility index (Phi) is 5.03. The molecule has 3 heterocycles. The van der Waals surface area contributed by atoms with Gasteiger partial charge in [-0.2, -0.15) is 5.26 Å². The monoisotopic (exact) mass is 411 g/mol. The normalized spacial score (nSPS) is 21.3. The third-order valence-electron chi connectivity index (χ3n) is 6.86. The lowest BCUT2D eigenvalue weighted by atomic mass is 9.87. The summed E-state index contributed by atoms with van der Waals surface area (Å²) in [4.78, 5) is 26.7. The second-order valence-electron chi connectivity index (χ2n) is 8.50. The lowest BCUT2D eigenvalue weighted by molar-refractivity contribution is 0.0759. The molecule has 2 saturated heterocycles. The molecule has 3 aromatic rings. The van der Waals surface area contributed by atoms with E-state index in [0.29, 0.717) is 17.7 Å². The Labute approximate surface area is 182 Å². The van der Waals surface area contributed by atoms with Crippen molar-refractivity contribution in [1.29, 1.82) is 5.26 Å². The molecule has 0 radical (unpaired) electrons. The lowest BCUT2D eigenvalue weighted by Gasteiger charge is -2.39. The first-order chi connectivity index (χ1) is 15.2. The third-order valence-corrected chi connectivity index (χ3v) is 6.86. The van der Waals surface area contributed by atoms with E-state index in [1.54, 1.807) is 24.5 Å². The minimum Gasteiger partial charge on any atom is -0.350 e. The summed E-state index contributed by atoms with van der Waals surface area (Å²) in [5.74, 6) is 0.976. The van der Waals surface area contributed by atoms with Gasteiger partial charge in [-0.3, -0.25) is 4.79 Å². The maximum absolute atomic E-state index is 13.2. The molecule has 1 aromatic heterocycles. The minimum absolute atomic E-state index is 0.0148. The van der Waals surface area contributed by atoms with Crippen molar-refractivity contribution in [2.45, 2.75) is 37.6 Å². The number of hydrogen-bond acceptors (Lipinski definition) is 5. The molecule has 31 heavy (non-hydrogen) atoms. The average Bonchev–Trinajstić information content (AvgIpc) is 3.10. The number of para-hydroxylation sites is 1. The van der Waals surface area contributed by atoms with Gasteiger partial charge >= 0.3 is 0 Å². The lowest BCUT2D eigenvalue weighted by Crippen LogP contribution is -2.45. The van der Waals surface area contributed by atoms with Gasteiger partial charge in [0, 0.05) is 30.6 Å². The SMILES string of the molecule is N#Cc1ccccc1C(=O)N1CCC[C@@]2(CCCN2c2ncnc3ccccc23)CC1. The smallest absolute Gasteiger partial charge is 0.255 e. The zero-order valence-electron chi connectivity index (χ0n) is 17.5. The zero-order chi connectivity index (χ0) is 21.3. The predicted octanol–water partition coefficient (Wildman–Crippen LogP) is 4.17. The Hall–Kier alpha value is -3.46. The van der Waals surface area contributed by atoms with Crippen molar-refractivity contribution in [3.63, 3.8) is 0 Å². The average molecular weight is 412 g/mol. The molecule has 1 atom stereocenters. The Morgan fingerprint density at radius 2 is 1.71 bits per heavy atom. The summed E-state index contributed by atoms with van der Waals surface area (Å²) < 4.78 is 0. The van der Waals surface area contributed by atoms with Crippen LogP contribution in [0.4, 0.5) is 5.82 Å². The third kappa shape index (κ3) is 3.40. The topological polar surface area (TPSA) is 73.1 Å². The van der Waals surface area contributed by atoms with Crippen LogP contribution in [0.1, 0.15) is 48.0 Å². The van der Waals surface area contributed by atoms with Crippen molar-refractivity contribution in [2.24, 2.45) is 0 Å². The van der Waals surface area contributed by atoms with Crippen LogP contribution in [0.2, 0.25) is 0 Å². The summed E-state index contributed by atoms with van der Waals surface area (Å²) in [6, 6.07) is 17.4. The number of nitrogens with zero attached hydrogens (tertiary/aromatic N) is 5. The number of carbonyl (C=O) groups is 1. The highest BCUT2D eigenvalue weighted by Gasteiger charge is 2.43. The number of hydrogen-bond donors (Lipinski definition) is 0. The number of anilines is 1. The first-order valence-electron chi connectivity index (χ1n) is 11.0. The molecule has 0 bridgehead atoms. The molecule has 1 spiro atoms. The van der Waals surface area contributed by atoms with Crippen molar-refractivity contribution in [2.75, 3.05) is 24.5 Å². The van der Waals surface area contributed by atoms with Gasteiger partial charge in [-0.25, -0.2) is 9.97 Å². The van der Waals surface area contributed by atoms with Crippen LogP contribution >= 0.6 is 0 Å². The standard InChI is InChI=1S/C25H25N5O/c26-17-19-7-1-2-8-20(19)24(31)29-14-5-11-25(13-16-29)12-6-15-30(25)23-21-9-3-4-10-22(21)27-18-28-23/h1-4,7-10,18H,5-6,11-16H2/t25-/m1/s1. The van der Waals surface area contributed by atoms with Crippen LogP contribution in [0.3, 0.4) is 0 Å². The molecule has 2 aromatic carbocycles. The Bertz CT molecular complexity index is 1160. The number of aromatic nitrogens is 2. The molecule has 1 amide bonds. The predicted molar refractivity (Wildman–Crippen MR) is 120 cm³/mol. The van der Waals surface area contributed by atoms with Crippen LogP contribution in [-0.4, -0.2) is 45.9 Å². The highest BCUT2D eigenvalue weighted by molar-refractivity contribution is 5.96. The van der Waals surface area contributed by atoms with Crippen molar-refractivity contribution in [3.8, 4) is 6.07 Å². The van der Waals surface area contributed by atoms with Crippen LogP contribution in [0.5, 0.6) is 0 Å². The highest BCUT2D eigenvalue weighted by atomic mass is 16.2. The van der Waals surface area contributed by atoms with Crippen LogP contribution < -0.4 is 4.90 Å². The maximum Gasteiger partial charge on any atom is 0.255 e. The van der Waals surface area contributed by atoms with E-state index in [9.17, 15) is 10.1 Å². The van der Waals surface area contributed by atoms with Crippen molar-refractivity contribution < 1.29 is 4.79 Å². The quantitative estimate of drug-likeness (QED) is 0.633. The maximum atomic E-state index is 13.2. The molecule has 5 rings (SSSR count). The van der Waals surface area contributed by atoms with Crippen LogP contribution in [-0.2, 0) is 0 Å². The van der Waals surface area contributed by atoms with E-state index in [1.165, 1.54) is 0 Å². The van der Waals surface area contributed by atoms with Gasteiger partial charge in [0.25, 0.3) is 5.91 Å². The van der Waals surface area contributed by atoms with Gasteiger partial charge in [-0.1, -0.05) is 24.3 Å². The van der Waals surface area contributed by atoms with Gasteiger partial charge in [-0.05, 0) is 56.4 Å². The molecule has 0 N–H and O–H groups in total. The molecule has 156 valence electrons. The van der Waals surface area contributed by atoms with Gasteiger partial charge in [0.2, 0.25) is 0 Å². The Morgan fingerprint density at radius 1 is 0.935 bits per heavy atom. The molecule has 0 unspecified atom stereocenters. The number of amides is 1. The summed E-state index contributed by atoms with van der Waals surface area (Å²) in [7, 11) is 0. The summed E-state index contributed by atoms with van der Waals surface area (Å²) in [5.41, 5.74) is 1.93. The summed E-state index contributed by atoms with van der Waals surface area (Å²) >= 11 is 0. The van der Waals surface area contributed by atoms with E-state index in [1.807, 2.05) is 29.2 Å². The van der Waals surface area contributed by atoms with E-state index in [0.717, 1.165) is 61.9 Å². The van der Waals surface area contributed by atoms with Crippen molar-refractivity contribution >= 4 is 22.6 Å². The van der Waals surface area contributed by atoms with E-state index in [4.69, 9.17) is 4.98 Å². The summed E-state index contributed by atoms with van der Waals surface area (Å²) in [5, 5.41) is 10.5. The Morgan fingerprint density at radius 3 is 2.58 bits per heavy atom. The highest BCUT2D eigenvalue weighted by Crippen LogP contribution is 2.42. The number of carbonyl (C=O) groups excluding carboxylic acids is 1. The molecule has 2 aliphatic heterocycles. The summed E-state index contributed by atoms with van der Waals surface area (Å²) in [6.45, 7) is 2.39. The second-order valence-corrected chi connectivity index (χ2v) is 8.50. The number of rotatable bonds is 2. The fraction of sp³-hybridized carbons (Fsp3) is 0.360. The number of benzene rings is 2. The van der Waals surface area contributed by atoms with Crippen molar-refractivity contribution in [3.05, 3.63) is 66.0 Å². The molecule has 2 aliphatic rings. The molecule has 0 saturated carbocycles. The first kappa shape index (κ1) is 19.5. The summed E-state index contributed by atoms with van der Waals surface area (Å²) in [6.07, 6.45) is 6.79. The fourth-order valence-electron chi connectivity index (χ4n) is 5.31. The van der Waals surface area contributed by atoms with Gasteiger partial charge < -0.3 is 9.80 Å².